The summed E-state index contributed by atoms with van der Waals surface area (Å²) >= 11 is 0. The monoisotopic (exact) mass is 365 g/mol. The van der Waals surface area contributed by atoms with Gasteiger partial charge in [-0.15, -0.1) is 0 Å². The molecular formula is C25H19NO2. The number of benzene rings is 3. The molecule has 28 heavy (non-hydrogen) atoms. The number of Topliss-reactive ketones (excluding diaryl/α,β-unsaturated/α-hetero) is 1. The van der Waals surface area contributed by atoms with E-state index in [1.807, 2.05) is 36.4 Å². The van der Waals surface area contributed by atoms with Crippen molar-refractivity contribution >= 4 is 5.78 Å². The molecule has 3 aromatic rings. The van der Waals surface area contributed by atoms with Crippen LogP contribution in [0.5, 0.6) is 5.75 Å². The van der Waals surface area contributed by atoms with E-state index < -0.39 is 0 Å². The van der Waals surface area contributed by atoms with Crippen LogP contribution in [0.4, 0.5) is 0 Å². The summed E-state index contributed by atoms with van der Waals surface area (Å²) in [6.07, 6.45) is 2.39. The van der Waals surface area contributed by atoms with E-state index in [1.165, 1.54) is 11.1 Å². The molecule has 136 valence electrons. The third-order valence-electron chi connectivity index (χ3n) is 5.90. The van der Waals surface area contributed by atoms with Crippen molar-refractivity contribution in [1.82, 2.24) is 0 Å². The van der Waals surface area contributed by atoms with Crippen molar-refractivity contribution in [2.24, 2.45) is 0 Å². The van der Waals surface area contributed by atoms with E-state index >= 15 is 0 Å². The van der Waals surface area contributed by atoms with E-state index in [9.17, 15) is 4.79 Å². The van der Waals surface area contributed by atoms with E-state index in [-0.39, 0.29) is 17.8 Å². The lowest BCUT2D eigenvalue weighted by Gasteiger charge is -2.30. The van der Waals surface area contributed by atoms with Gasteiger partial charge in [0.05, 0.1) is 17.2 Å². The van der Waals surface area contributed by atoms with Crippen LogP contribution in [0.3, 0.4) is 0 Å². The minimum atomic E-state index is -0.101. The minimum absolute atomic E-state index is 0.101. The molecule has 5 rings (SSSR count). The maximum Gasteiger partial charge on any atom is 0.170 e. The molecule has 1 heterocycles. The molecule has 3 nitrogen and oxygen atoms in total. The van der Waals surface area contributed by atoms with Gasteiger partial charge in [0, 0.05) is 12.3 Å². The maximum absolute atomic E-state index is 12.9. The first-order valence-electron chi connectivity index (χ1n) is 9.65. The van der Waals surface area contributed by atoms with Crippen molar-refractivity contribution in [1.29, 1.82) is 5.26 Å². The van der Waals surface area contributed by atoms with Crippen LogP contribution < -0.4 is 4.74 Å². The molecule has 2 aliphatic rings. The van der Waals surface area contributed by atoms with E-state index in [2.05, 4.69) is 30.3 Å². The van der Waals surface area contributed by atoms with E-state index in [1.54, 1.807) is 6.07 Å². The highest BCUT2D eigenvalue weighted by Crippen LogP contribution is 2.41. The molecule has 2 unspecified atom stereocenters. The molecule has 3 aromatic carbocycles. The lowest BCUT2D eigenvalue weighted by Crippen LogP contribution is -2.31. The molecule has 0 spiro atoms. The van der Waals surface area contributed by atoms with Gasteiger partial charge in [0.15, 0.2) is 5.78 Å². The van der Waals surface area contributed by atoms with Gasteiger partial charge in [-0.3, -0.25) is 4.79 Å². The van der Waals surface area contributed by atoms with Gasteiger partial charge in [0.25, 0.3) is 0 Å². The topological polar surface area (TPSA) is 50.1 Å². The van der Waals surface area contributed by atoms with Crippen LogP contribution in [-0.4, -0.2) is 11.9 Å². The van der Waals surface area contributed by atoms with E-state index in [0.29, 0.717) is 23.3 Å². The number of carbonyl (C=O) groups excluding carboxylic acids is 1. The number of ether oxygens (including phenoxy) is 1. The molecule has 0 saturated heterocycles. The molecule has 0 fully saturated rings. The number of nitriles is 1. The smallest absolute Gasteiger partial charge is 0.170 e. The summed E-state index contributed by atoms with van der Waals surface area (Å²) in [6, 6.07) is 23.8. The van der Waals surface area contributed by atoms with Gasteiger partial charge in [-0.2, -0.15) is 5.26 Å². The first-order chi connectivity index (χ1) is 13.7. The van der Waals surface area contributed by atoms with Crippen LogP contribution in [0, 0.1) is 11.3 Å². The molecule has 2 atom stereocenters. The van der Waals surface area contributed by atoms with Gasteiger partial charge in [-0.05, 0) is 59.4 Å². The molecule has 0 amide bonds. The van der Waals surface area contributed by atoms with Crippen LogP contribution in [0.15, 0.2) is 66.7 Å². The molecule has 0 aromatic heterocycles. The Morgan fingerprint density at radius 1 is 0.964 bits per heavy atom. The number of nitrogens with zero attached hydrogens (tertiary/aromatic N) is 1. The van der Waals surface area contributed by atoms with Gasteiger partial charge < -0.3 is 4.74 Å². The normalized spacial score (nSPS) is 20.0. The molecule has 3 heteroatoms. The Balaban J connectivity index is 1.46. The Kier molecular flexibility index (Phi) is 3.98. The van der Waals surface area contributed by atoms with Crippen molar-refractivity contribution < 1.29 is 9.53 Å². The minimum Gasteiger partial charge on any atom is -0.489 e. The number of carbonyl (C=O) groups is 1. The number of hydrogen-bond acceptors (Lipinski definition) is 3. The molecule has 0 saturated carbocycles. The third kappa shape index (κ3) is 2.78. The van der Waals surface area contributed by atoms with Gasteiger partial charge in [-0.25, -0.2) is 0 Å². The number of rotatable bonds is 2. The summed E-state index contributed by atoms with van der Waals surface area (Å²) in [5, 5.41) is 9.12. The molecule has 1 aliphatic heterocycles. The van der Waals surface area contributed by atoms with Crippen molar-refractivity contribution in [2.75, 3.05) is 0 Å². The zero-order valence-corrected chi connectivity index (χ0v) is 15.4. The highest BCUT2D eigenvalue weighted by molar-refractivity contribution is 6.01. The first kappa shape index (κ1) is 16.8. The molecule has 0 N–H and O–H groups in total. The lowest BCUT2D eigenvalue weighted by molar-refractivity contribution is 0.0808. The van der Waals surface area contributed by atoms with Crippen LogP contribution in [0.2, 0.25) is 0 Å². The van der Waals surface area contributed by atoms with Gasteiger partial charge in [0.2, 0.25) is 0 Å². The van der Waals surface area contributed by atoms with E-state index in [0.717, 1.165) is 24.0 Å². The summed E-state index contributed by atoms with van der Waals surface area (Å²) in [7, 11) is 0. The molecule has 1 aliphatic carbocycles. The zero-order chi connectivity index (χ0) is 19.1. The predicted molar refractivity (Wildman–Crippen MR) is 107 cm³/mol. The Hall–Kier alpha value is -3.38. The van der Waals surface area contributed by atoms with Crippen LogP contribution in [0.25, 0.3) is 11.1 Å². The summed E-state index contributed by atoms with van der Waals surface area (Å²) in [6.45, 7) is 0. The first-order valence-corrected chi connectivity index (χ1v) is 9.65. The van der Waals surface area contributed by atoms with Crippen molar-refractivity contribution in [2.45, 2.75) is 31.3 Å². The standard InChI is InChI=1S/C25H19NO2/c26-15-16-4-3-6-18(12-16)19-9-11-24-22(13-19)23(27)14-25(28-24)21-10-8-17-5-1-2-7-20(17)21/h1-7,9,11-13,21,25H,8,10,14H2. The summed E-state index contributed by atoms with van der Waals surface area (Å²) in [5.41, 5.74) is 5.81. The Bertz CT molecular complexity index is 1130. The summed E-state index contributed by atoms with van der Waals surface area (Å²) in [5.74, 6) is 1.08. The maximum atomic E-state index is 12.9. The Morgan fingerprint density at radius 3 is 2.71 bits per heavy atom. The average Bonchev–Trinajstić information content (AvgIpc) is 3.18. The Labute approximate surface area is 164 Å². The van der Waals surface area contributed by atoms with Crippen molar-refractivity contribution in [3.05, 3.63) is 89.0 Å². The molecular weight excluding hydrogens is 346 g/mol. The fraction of sp³-hybridized carbons (Fsp3) is 0.200. The summed E-state index contributed by atoms with van der Waals surface area (Å²) in [4.78, 5) is 12.9. The fourth-order valence-corrected chi connectivity index (χ4v) is 4.50. The van der Waals surface area contributed by atoms with Crippen molar-refractivity contribution in [3.63, 3.8) is 0 Å². The Morgan fingerprint density at radius 2 is 1.82 bits per heavy atom. The fourth-order valence-electron chi connectivity index (χ4n) is 4.50. The summed E-state index contributed by atoms with van der Waals surface area (Å²) < 4.78 is 6.31. The SMILES string of the molecule is N#Cc1cccc(-c2ccc3c(c2)C(=O)CC(C2CCc4ccccc42)O3)c1. The van der Waals surface area contributed by atoms with Crippen molar-refractivity contribution in [3.8, 4) is 22.9 Å². The third-order valence-corrected chi connectivity index (χ3v) is 5.90. The van der Waals surface area contributed by atoms with E-state index in [4.69, 9.17) is 10.00 Å². The van der Waals surface area contributed by atoms with Crippen LogP contribution in [-0.2, 0) is 6.42 Å². The number of hydrogen-bond donors (Lipinski definition) is 0. The highest BCUT2D eigenvalue weighted by Gasteiger charge is 2.36. The second kappa shape index (κ2) is 6.65. The quantitative estimate of drug-likeness (QED) is 0.620. The molecule has 0 bridgehead atoms. The van der Waals surface area contributed by atoms with Gasteiger partial charge in [0.1, 0.15) is 11.9 Å². The van der Waals surface area contributed by atoms with Gasteiger partial charge >= 0.3 is 0 Å². The van der Waals surface area contributed by atoms with Crippen LogP contribution >= 0.6 is 0 Å². The van der Waals surface area contributed by atoms with Gasteiger partial charge in [-0.1, -0.05) is 42.5 Å². The number of aryl methyl sites for hydroxylation is 1. The van der Waals surface area contributed by atoms with Crippen LogP contribution in [0.1, 0.15) is 45.8 Å². The second-order valence-electron chi connectivity index (χ2n) is 7.53. The number of fused-ring (bicyclic) bond motifs is 2. The average molecular weight is 365 g/mol. The zero-order valence-electron chi connectivity index (χ0n) is 15.4. The largest absolute Gasteiger partial charge is 0.489 e. The highest BCUT2D eigenvalue weighted by atomic mass is 16.5. The second-order valence-corrected chi connectivity index (χ2v) is 7.53. The predicted octanol–water partition coefficient (Wildman–Crippen LogP) is 5.29. The number of ketones is 1. The lowest BCUT2D eigenvalue weighted by atomic mass is 9.87. The molecule has 0 radical (unpaired) electrons.